The van der Waals surface area contributed by atoms with E-state index in [9.17, 15) is 0 Å². The molecule has 106 valence electrons. The van der Waals surface area contributed by atoms with Gasteiger partial charge >= 0.3 is 0 Å². The zero-order valence-electron chi connectivity index (χ0n) is 12.4. The molecular weight excluding hydrogens is 236 g/mol. The van der Waals surface area contributed by atoms with Gasteiger partial charge in [-0.2, -0.15) is 0 Å². The van der Waals surface area contributed by atoms with Crippen LogP contribution >= 0.6 is 0 Å². The van der Waals surface area contributed by atoms with Crippen molar-refractivity contribution in [2.75, 3.05) is 38.1 Å². The van der Waals surface area contributed by atoms with E-state index < -0.39 is 0 Å². The Balaban J connectivity index is 1.96. The number of hydrogen-bond donors (Lipinski definition) is 1. The first-order valence-corrected chi connectivity index (χ1v) is 7.37. The van der Waals surface area contributed by atoms with Gasteiger partial charge in [-0.25, -0.2) is 4.98 Å². The summed E-state index contributed by atoms with van der Waals surface area (Å²) < 4.78 is 0. The molecule has 0 bridgehead atoms. The number of aromatic nitrogens is 1. The summed E-state index contributed by atoms with van der Waals surface area (Å²) in [7, 11) is 1.96. The highest BCUT2D eigenvalue weighted by Crippen LogP contribution is 2.21. The molecular formula is C15H26N4. The predicted molar refractivity (Wildman–Crippen MR) is 80.5 cm³/mol. The first kappa shape index (κ1) is 14.3. The fraction of sp³-hybridized carbons (Fsp3) is 0.667. The average molecular weight is 262 g/mol. The van der Waals surface area contributed by atoms with Crippen LogP contribution < -0.4 is 10.2 Å². The zero-order chi connectivity index (χ0) is 13.7. The van der Waals surface area contributed by atoms with Crippen LogP contribution in [0.4, 0.5) is 5.82 Å². The third-order valence-corrected chi connectivity index (χ3v) is 4.01. The Bertz CT molecular complexity index is 372. The van der Waals surface area contributed by atoms with Gasteiger partial charge in [0, 0.05) is 31.9 Å². The van der Waals surface area contributed by atoms with Crippen LogP contribution in [0, 0.1) is 0 Å². The first-order chi connectivity index (χ1) is 9.28. The van der Waals surface area contributed by atoms with Crippen LogP contribution in [0.25, 0.3) is 0 Å². The van der Waals surface area contributed by atoms with E-state index in [1.54, 1.807) is 0 Å². The van der Waals surface area contributed by atoms with Crippen molar-refractivity contribution >= 4 is 5.82 Å². The molecule has 0 radical (unpaired) electrons. The number of anilines is 1. The minimum Gasteiger partial charge on any atom is -0.355 e. The van der Waals surface area contributed by atoms with E-state index in [1.807, 2.05) is 13.2 Å². The molecule has 2 heterocycles. The molecule has 4 nitrogen and oxygen atoms in total. The van der Waals surface area contributed by atoms with E-state index in [2.05, 4.69) is 46.1 Å². The van der Waals surface area contributed by atoms with Crippen LogP contribution in [0.1, 0.15) is 25.8 Å². The van der Waals surface area contributed by atoms with E-state index in [-0.39, 0.29) is 0 Å². The van der Waals surface area contributed by atoms with Crippen molar-refractivity contribution in [3.63, 3.8) is 0 Å². The van der Waals surface area contributed by atoms with Crippen LogP contribution in [-0.2, 0) is 6.54 Å². The number of hydrogen-bond acceptors (Lipinski definition) is 4. The van der Waals surface area contributed by atoms with Crippen LogP contribution in [-0.4, -0.2) is 49.2 Å². The molecule has 1 aliphatic heterocycles. The molecule has 1 fully saturated rings. The second kappa shape index (κ2) is 6.87. The van der Waals surface area contributed by atoms with Gasteiger partial charge in [-0.15, -0.1) is 0 Å². The molecule has 0 saturated carbocycles. The van der Waals surface area contributed by atoms with Crippen LogP contribution in [0.5, 0.6) is 0 Å². The molecule has 4 heteroatoms. The van der Waals surface area contributed by atoms with E-state index in [0.717, 1.165) is 38.5 Å². The second-order valence-electron chi connectivity index (χ2n) is 5.16. The number of pyridine rings is 1. The highest BCUT2D eigenvalue weighted by Gasteiger charge is 2.26. The zero-order valence-corrected chi connectivity index (χ0v) is 12.4. The van der Waals surface area contributed by atoms with Gasteiger partial charge in [0.1, 0.15) is 5.82 Å². The molecule has 0 aliphatic carbocycles. The molecule has 1 aromatic heterocycles. The maximum Gasteiger partial charge on any atom is 0.128 e. The molecule has 0 amide bonds. The standard InChI is InChI=1S/C15H26N4/c1-4-18(5-2)14-8-9-19(12-14)15-7-6-13(10-16-3)11-17-15/h6-7,11,14,16H,4-5,8-10,12H2,1-3H3. The lowest BCUT2D eigenvalue weighted by Crippen LogP contribution is -2.37. The van der Waals surface area contributed by atoms with Gasteiger partial charge in [-0.05, 0) is 38.2 Å². The van der Waals surface area contributed by atoms with Crippen LogP contribution in [0.15, 0.2) is 18.3 Å². The van der Waals surface area contributed by atoms with Crippen molar-refractivity contribution in [3.05, 3.63) is 23.9 Å². The fourth-order valence-electron chi connectivity index (χ4n) is 2.90. The number of rotatable bonds is 6. The smallest absolute Gasteiger partial charge is 0.128 e. The Hall–Kier alpha value is -1.13. The molecule has 1 atom stereocenters. The van der Waals surface area contributed by atoms with Gasteiger partial charge in [0.2, 0.25) is 0 Å². The van der Waals surface area contributed by atoms with Gasteiger partial charge in [-0.1, -0.05) is 19.9 Å². The highest BCUT2D eigenvalue weighted by molar-refractivity contribution is 5.41. The lowest BCUT2D eigenvalue weighted by molar-refractivity contribution is 0.232. The molecule has 1 aliphatic rings. The Morgan fingerprint density at radius 3 is 2.74 bits per heavy atom. The summed E-state index contributed by atoms with van der Waals surface area (Å²) in [6, 6.07) is 5.01. The summed E-state index contributed by atoms with van der Waals surface area (Å²) >= 11 is 0. The number of likely N-dealkylation sites (N-methyl/N-ethyl adjacent to an activating group) is 1. The Labute approximate surface area is 116 Å². The van der Waals surface area contributed by atoms with Crippen molar-refractivity contribution in [1.29, 1.82) is 0 Å². The minimum atomic E-state index is 0.689. The normalized spacial score (nSPS) is 19.4. The van der Waals surface area contributed by atoms with Crippen molar-refractivity contribution in [1.82, 2.24) is 15.2 Å². The summed E-state index contributed by atoms with van der Waals surface area (Å²) in [5.74, 6) is 1.12. The van der Waals surface area contributed by atoms with Crippen LogP contribution in [0.2, 0.25) is 0 Å². The van der Waals surface area contributed by atoms with E-state index in [1.165, 1.54) is 12.0 Å². The summed E-state index contributed by atoms with van der Waals surface area (Å²) in [5, 5.41) is 3.15. The number of nitrogens with zero attached hydrogens (tertiary/aromatic N) is 3. The quantitative estimate of drug-likeness (QED) is 0.846. The van der Waals surface area contributed by atoms with Crippen molar-refractivity contribution in [2.24, 2.45) is 0 Å². The van der Waals surface area contributed by atoms with E-state index in [4.69, 9.17) is 0 Å². The Kier molecular flexibility index (Phi) is 5.16. The Morgan fingerprint density at radius 2 is 2.16 bits per heavy atom. The maximum absolute atomic E-state index is 4.59. The minimum absolute atomic E-state index is 0.689. The second-order valence-corrected chi connectivity index (χ2v) is 5.16. The molecule has 0 spiro atoms. The molecule has 2 rings (SSSR count). The average Bonchev–Trinajstić information content (AvgIpc) is 2.91. The SMILES string of the molecule is CCN(CC)C1CCN(c2ccc(CNC)cn2)C1. The lowest BCUT2D eigenvalue weighted by atomic mass is 10.2. The third kappa shape index (κ3) is 3.45. The van der Waals surface area contributed by atoms with Crippen molar-refractivity contribution in [3.8, 4) is 0 Å². The van der Waals surface area contributed by atoms with E-state index >= 15 is 0 Å². The predicted octanol–water partition coefficient (Wildman–Crippen LogP) is 1.72. The molecule has 1 saturated heterocycles. The number of nitrogens with one attached hydrogen (secondary N) is 1. The van der Waals surface area contributed by atoms with Crippen molar-refractivity contribution < 1.29 is 0 Å². The van der Waals surface area contributed by atoms with Crippen LogP contribution in [0.3, 0.4) is 0 Å². The summed E-state index contributed by atoms with van der Waals surface area (Å²) in [6.45, 7) is 9.90. The largest absolute Gasteiger partial charge is 0.355 e. The molecule has 0 aromatic carbocycles. The van der Waals surface area contributed by atoms with Gasteiger partial charge in [-0.3, -0.25) is 4.90 Å². The van der Waals surface area contributed by atoms with Gasteiger partial charge in [0.25, 0.3) is 0 Å². The Morgan fingerprint density at radius 1 is 1.37 bits per heavy atom. The molecule has 1 N–H and O–H groups in total. The molecule has 1 unspecified atom stereocenters. The summed E-state index contributed by atoms with van der Waals surface area (Å²) in [5.41, 5.74) is 1.24. The summed E-state index contributed by atoms with van der Waals surface area (Å²) in [6.07, 6.45) is 3.23. The first-order valence-electron chi connectivity index (χ1n) is 7.37. The summed E-state index contributed by atoms with van der Waals surface area (Å²) in [4.78, 5) is 9.55. The van der Waals surface area contributed by atoms with E-state index in [0.29, 0.717) is 6.04 Å². The monoisotopic (exact) mass is 262 g/mol. The third-order valence-electron chi connectivity index (χ3n) is 4.01. The maximum atomic E-state index is 4.59. The van der Waals surface area contributed by atoms with Gasteiger partial charge in [0.15, 0.2) is 0 Å². The molecule has 19 heavy (non-hydrogen) atoms. The lowest BCUT2D eigenvalue weighted by Gasteiger charge is -2.26. The van der Waals surface area contributed by atoms with Gasteiger partial charge in [0.05, 0.1) is 0 Å². The van der Waals surface area contributed by atoms with Gasteiger partial charge < -0.3 is 10.2 Å². The van der Waals surface area contributed by atoms with Crippen molar-refractivity contribution in [2.45, 2.75) is 32.9 Å². The highest BCUT2D eigenvalue weighted by atomic mass is 15.3. The fourth-order valence-corrected chi connectivity index (χ4v) is 2.90. The molecule has 1 aromatic rings. The topological polar surface area (TPSA) is 31.4 Å².